The Kier molecular flexibility index (Phi) is 5.86. The zero-order valence-corrected chi connectivity index (χ0v) is 19.3. The Morgan fingerprint density at radius 3 is 2.45 bits per heavy atom. The lowest BCUT2D eigenvalue weighted by atomic mass is 9.90. The van der Waals surface area contributed by atoms with E-state index in [0.717, 1.165) is 55.0 Å². The van der Waals surface area contributed by atoms with Gasteiger partial charge in [0.2, 0.25) is 0 Å². The van der Waals surface area contributed by atoms with E-state index in [4.69, 9.17) is 5.10 Å². The van der Waals surface area contributed by atoms with E-state index in [1.807, 2.05) is 57.7 Å². The second-order valence-corrected chi connectivity index (χ2v) is 9.10. The first kappa shape index (κ1) is 21.3. The van der Waals surface area contributed by atoms with Crippen molar-refractivity contribution >= 4 is 5.91 Å². The molecule has 0 spiro atoms. The van der Waals surface area contributed by atoms with Crippen LogP contribution in [-0.2, 0) is 13.5 Å². The molecule has 33 heavy (non-hydrogen) atoms. The average Bonchev–Trinajstić information content (AvgIpc) is 3.46. The van der Waals surface area contributed by atoms with Crippen LogP contribution in [-0.4, -0.2) is 38.2 Å². The van der Waals surface area contributed by atoms with Crippen LogP contribution in [0.25, 0.3) is 17.1 Å². The number of benzene rings is 2. The zero-order chi connectivity index (χ0) is 22.8. The van der Waals surface area contributed by atoms with Crippen LogP contribution in [0.4, 0.5) is 0 Å². The van der Waals surface area contributed by atoms with Gasteiger partial charge in [0.25, 0.3) is 5.91 Å². The highest BCUT2D eigenvalue weighted by Crippen LogP contribution is 2.26. The van der Waals surface area contributed by atoms with Gasteiger partial charge in [0.15, 0.2) is 0 Å². The summed E-state index contributed by atoms with van der Waals surface area (Å²) in [5.41, 5.74) is 5.87. The van der Waals surface area contributed by atoms with E-state index in [9.17, 15) is 4.79 Å². The molecule has 1 fully saturated rings. The first-order chi connectivity index (χ1) is 16.1. The third-order valence-electron chi connectivity index (χ3n) is 6.65. The Morgan fingerprint density at radius 2 is 1.76 bits per heavy atom. The molecule has 0 atom stereocenters. The van der Waals surface area contributed by atoms with Crippen molar-refractivity contribution in [1.29, 1.82) is 0 Å². The fraction of sp³-hybridized carbons (Fsp3) is 0.286. The van der Waals surface area contributed by atoms with Crippen LogP contribution in [0, 0.1) is 12.8 Å². The van der Waals surface area contributed by atoms with Crippen LogP contribution in [0.1, 0.15) is 34.5 Å². The Balaban J connectivity index is 1.39. The number of nitrogens with zero attached hydrogens (tertiary/aromatic N) is 4. The number of carbonyl (C=O) groups is 1. The summed E-state index contributed by atoms with van der Waals surface area (Å²) in [6.45, 7) is 3.63. The predicted octanol–water partition coefficient (Wildman–Crippen LogP) is 5.28. The van der Waals surface area contributed by atoms with E-state index in [0.29, 0.717) is 11.6 Å². The molecule has 1 saturated heterocycles. The average molecular weight is 439 g/mol. The van der Waals surface area contributed by atoms with E-state index >= 15 is 0 Å². The molecule has 2 aromatic heterocycles. The molecular formula is C28H30N4O. The van der Waals surface area contributed by atoms with Crippen LogP contribution in [0.3, 0.4) is 0 Å². The van der Waals surface area contributed by atoms with E-state index < -0.39 is 0 Å². The van der Waals surface area contributed by atoms with E-state index in [2.05, 4.69) is 49.4 Å². The van der Waals surface area contributed by atoms with Crippen molar-refractivity contribution in [1.82, 2.24) is 19.2 Å². The normalized spacial score (nSPS) is 14.5. The molecule has 5 heteroatoms. The number of amides is 1. The van der Waals surface area contributed by atoms with Crippen molar-refractivity contribution in [3.63, 3.8) is 0 Å². The SMILES string of the molecule is Cc1cccc(-n2nc(-c3cccn3C)cc2C(=O)N2CCC(Cc3ccccc3)CC2)c1. The topological polar surface area (TPSA) is 43.1 Å². The van der Waals surface area contributed by atoms with Crippen LogP contribution in [0.15, 0.2) is 79.0 Å². The Morgan fingerprint density at radius 1 is 0.970 bits per heavy atom. The second-order valence-electron chi connectivity index (χ2n) is 9.10. The van der Waals surface area contributed by atoms with E-state index in [1.54, 1.807) is 0 Å². The third-order valence-corrected chi connectivity index (χ3v) is 6.65. The highest BCUT2D eigenvalue weighted by molar-refractivity contribution is 5.94. The summed E-state index contributed by atoms with van der Waals surface area (Å²) in [6.07, 6.45) is 5.15. The smallest absolute Gasteiger partial charge is 0.272 e. The fourth-order valence-corrected chi connectivity index (χ4v) is 4.79. The number of hydrogen-bond donors (Lipinski definition) is 0. The second kappa shape index (κ2) is 9.10. The summed E-state index contributed by atoms with van der Waals surface area (Å²) < 4.78 is 3.85. The van der Waals surface area contributed by atoms with Gasteiger partial charge in [-0.2, -0.15) is 5.10 Å². The van der Waals surface area contributed by atoms with Gasteiger partial charge in [-0.25, -0.2) is 4.68 Å². The Labute approximate surface area is 195 Å². The molecule has 2 aromatic carbocycles. The molecule has 5 rings (SSSR count). The van der Waals surface area contributed by atoms with Gasteiger partial charge < -0.3 is 9.47 Å². The Bertz CT molecular complexity index is 1250. The number of piperidine rings is 1. The van der Waals surface area contributed by atoms with Crippen molar-refractivity contribution < 1.29 is 4.79 Å². The molecule has 0 radical (unpaired) electrons. The maximum atomic E-state index is 13.7. The predicted molar refractivity (Wildman–Crippen MR) is 131 cm³/mol. The summed E-state index contributed by atoms with van der Waals surface area (Å²) in [7, 11) is 2.00. The van der Waals surface area contributed by atoms with Crippen LogP contribution in [0.5, 0.6) is 0 Å². The number of hydrogen-bond acceptors (Lipinski definition) is 2. The van der Waals surface area contributed by atoms with Crippen molar-refractivity contribution in [3.05, 3.63) is 95.8 Å². The molecule has 1 aliphatic rings. The number of aryl methyl sites for hydroxylation is 2. The third kappa shape index (κ3) is 4.49. The van der Waals surface area contributed by atoms with Crippen molar-refractivity contribution in [2.75, 3.05) is 13.1 Å². The fourth-order valence-electron chi connectivity index (χ4n) is 4.79. The molecule has 168 valence electrons. The molecule has 0 N–H and O–H groups in total. The molecule has 5 nitrogen and oxygen atoms in total. The largest absolute Gasteiger partial charge is 0.349 e. The minimum absolute atomic E-state index is 0.0580. The highest BCUT2D eigenvalue weighted by Gasteiger charge is 2.27. The maximum Gasteiger partial charge on any atom is 0.272 e. The summed E-state index contributed by atoms with van der Waals surface area (Å²) in [4.78, 5) is 15.7. The number of aromatic nitrogens is 3. The van der Waals surface area contributed by atoms with Crippen LogP contribution >= 0.6 is 0 Å². The Hall–Kier alpha value is -3.60. The van der Waals surface area contributed by atoms with Crippen molar-refractivity contribution in [2.24, 2.45) is 13.0 Å². The minimum atomic E-state index is 0.0580. The van der Waals surface area contributed by atoms with Gasteiger partial charge >= 0.3 is 0 Å². The minimum Gasteiger partial charge on any atom is -0.349 e. The maximum absolute atomic E-state index is 13.7. The molecule has 0 aliphatic carbocycles. The molecule has 1 amide bonds. The van der Waals surface area contributed by atoms with Crippen molar-refractivity contribution in [2.45, 2.75) is 26.2 Å². The quantitative estimate of drug-likeness (QED) is 0.425. The van der Waals surface area contributed by atoms with Gasteiger partial charge in [0, 0.05) is 26.3 Å². The monoisotopic (exact) mass is 438 g/mol. The lowest BCUT2D eigenvalue weighted by molar-refractivity contribution is 0.0681. The van der Waals surface area contributed by atoms with E-state index in [1.165, 1.54) is 5.56 Å². The molecule has 1 aliphatic heterocycles. The first-order valence-electron chi connectivity index (χ1n) is 11.7. The van der Waals surface area contributed by atoms with Crippen LogP contribution in [0.2, 0.25) is 0 Å². The molecule has 0 bridgehead atoms. The lowest BCUT2D eigenvalue weighted by Crippen LogP contribution is -2.39. The van der Waals surface area contributed by atoms with Gasteiger partial charge in [0.1, 0.15) is 11.4 Å². The summed E-state index contributed by atoms with van der Waals surface area (Å²) in [5, 5.41) is 4.86. The zero-order valence-electron chi connectivity index (χ0n) is 19.3. The van der Waals surface area contributed by atoms with Gasteiger partial charge in [-0.1, -0.05) is 42.5 Å². The van der Waals surface area contributed by atoms with Gasteiger partial charge in [-0.3, -0.25) is 4.79 Å². The van der Waals surface area contributed by atoms with Gasteiger partial charge in [-0.05, 0) is 73.6 Å². The van der Waals surface area contributed by atoms with Crippen molar-refractivity contribution in [3.8, 4) is 17.1 Å². The summed E-state index contributed by atoms with van der Waals surface area (Å²) in [5.74, 6) is 0.680. The summed E-state index contributed by atoms with van der Waals surface area (Å²) >= 11 is 0. The molecule has 0 unspecified atom stereocenters. The number of likely N-dealkylation sites (tertiary alicyclic amines) is 1. The highest BCUT2D eigenvalue weighted by atomic mass is 16.2. The number of carbonyl (C=O) groups excluding carboxylic acids is 1. The van der Waals surface area contributed by atoms with E-state index in [-0.39, 0.29) is 5.91 Å². The standard InChI is InChI=1S/C28H30N4O/c1-21-8-6-11-24(18-21)32-27(20-25(29-32)26-12-7-15-30(26)2)28(33)31-16-13-23(14-17-31)19-22-9-4-3-5-10-22/h3-12,15,18,20,23H,13-14,16-17,19H2,1-2H3. The van der Waals surface area contributed by atoms with Crippen LogP contribution < -0.4 is 0 Å². The first-order valence-corrected chi connectivity index (χ1v) is 11.7. The molecule has 4 aromatic rings. The van der Waals surface area contributed by atoms with Gasteiger partial charge in [0.05, 0.1) is 11.4 Å². The van der Waals surface area contributed by atoms with Gasteiger partial charge in [-0.15, -0.1) is 0 Å². The molecule has 0 saturated carbocycles. The molecular weight excluding hydrogens is 408 g/mol. The summed E-state index contributed by atoms with van der Waals surface area (Å²) in [6, 6.07) is 24.8. The molecule has 3 heterocycles. The number of rotatable bonds is 5. The lowest BCUT2D eigenvalue weighted by Gasteiger charge is -2.32.